The molecule has 5 heteroatoms. The highest BCUT2D eigenvalue weighted by atomic mass is 19.4. The van der Waals surface area contributed by atoms with Crippen molar-refractivity contribution in [3.63, 3.8) is 0 Å². The van der Waals surface area contributed by atoms with Gasteiger partial charge in [-0.1, -0.05) is 13.0 Å². The molecule has 0 saturated carbocycles. The molecule has 1 heterocycles. The fourth-order valence-corrected chi connectivity index (χ4v) is 2.45. The van der Waals surface area contributed by atoms with Crippen LogP contribution in [0, 0.1) is 11.7 Å². The van der Waals surface area contributed by atoms with Gasteiger partial charge in [0.1, 0.15) is 5.82 Å². The molecule has 2 rings (SSSR count). The third-order valence-corrected chi connectivity index (χ3v) is 3.42. The summed E-state index contributed by atoms with van der Waals surface area (Å²) in [6.07, 6.45) is -2.65. The summed E-state index contributed by atoms with van der Waals surface area (Å²) in [5.74, 6) is -0.958. The number of rotatable bonds is 1. The molecule has 1 aromatic carbocycles. The van der Waals surface area contributed by atoms with Gasteiger partial charge in [-0.05, 0) is 43.0 Å². The zero-order valence-electron chi connectivity index (χ0n) is 10.0. The molecule has 0 aliphatic carbocycles. The van der Waals surface area contributed by atoms with Crippen LogP contribution in [0.15, 0.2) is 18.2 Å². The summed E-state index contributed by atoms with van der Waals surface area (Å²) < 4.78 is 51.1. The predicted octanol–water partition coefficient (Wildman–Crippen LogP) is 3.91. The van der Waals surface area contributed by atoms with Gasteiger partial charge in [0.15, 0.2) is 0 Å². The summed E-state index contributed by atoms with van der Waals surface area (Å²) in [5.41, 5.74) is -0.671. The molecule has 0 radical (unpaired) electrons. The van der Waals surface area contributed by atoms with Crippen LogP contribution in [0.4, 0.5) is 17.6 Å². The van der Waals surface area contributed by atoms with E-state index in [0.29, 0.717) is 5.56 Å². The molecule has 2 atom stereocenters. The molecule has 1 aliphatic heterocycles. The van der Waals surface area contributed by atoms with Crippen LogP contribution in [-0.4, -0.2) is 6.54 Å². The smallest absolute Gasteiger partial charge is 0.310 e. The number of benzene rings is 1. The minimum absolute atomic E-state index is 0.125. The maximum Gasteiger partial charge on any atom is 0.419 e. The van der Waals surface area contributed by atoms with Crippen LogP contribution in [0.2, 0.25) is 0 Å². The van der Waals surface area contributed by atoms with Crippen molar-refractivity contribution >= 4 is 0 Å². The number of hydrogen-bond acceptors (Lipinski definition) is 1. The van der Waals surface area contributed by atoms with Crippen molar-refractivity contribution < 1.29 is 17.6 Å². The topological polar surface area (TPSA) is 12.0 Å². The Hall–Kier alpha value is -1.10. The zero-order chi connectivity index (χ0) is 13.3. The molecule has 1 aliphatic rings. The van der Waals surface area contributed by atoms with Crippen LogP contribution in [0.25, 0.3) is 0 Å². The molecule has 1 nitrogen and oxygen atoms in total. The summed E-state index contributed by atoms with van der Waals surface area (Å²) in [6, 6.07) is 3.14. The molecular formula is C13H15F4N. The molecule has 0 spiro atoms. The molecule has 18 heavy (non-hydrogen) atoms. The second-order valence-electron chi connectivity index (χ2n) is 4.79. The van der Waals surface area contributed by atoms with Gasteiger partial charge in [-0.3, -0.25) is 0 Å². The first-order valence-electron chi connectivity index (χ1n) is 5.99. The fourth-order valence-electron chi connectivity index (χ4n) is 2.45. The van der Waals surface area contributed by atoms with Crippen LogP contribution in [0.3, 0.4) is 0 Å². The van der Waals surface area contributed by atoms with Crippen molar-refractivity contribution in [2.24, 2.45) is 5.92 Å². The zero-order valence-corrected chi connectivity index (χ0v) is 10.0. The normalized spacial score (nSPS) is 25.2. The highest BCUT2D eigenvalue weighted by Crippen LogP contribution is 2.35. The first-order chi connectivity index (χ1) is 8.39. The lowest BCUT2D eigenvalue weighted by Crippen LogP contribution is -2.33. The summed E-state index contributed by atoms with van der Waals surface area (Å²) >= 11 is 0. The van der Waals surface area contributed by atoms with E-state index in [4.69, 9.17) is 0 Å². The van der Waals surface area contributed by atoms with Gasteiger partial charge in [0.25, 0.3) is 0 Å². The lowest BCUT2D eigenvalue weighted by Gasteiger charge is -2.30. The Labute approximate surface area is 103 Å². The highest BCUT2D eigenvalue weighted by Gasteiger charge is 2.35. The van der Waals surface area contributed by atoms with E-state index in [-0.39, 0.29) is 12.0 Å². The van der Waals surface area contributed by atoms with E-state index in [1.165, 1.54) is 6.07 Å². The van der Waals surface area contributed by atoms with Gasteiger partial charge < -0.3 is 5.32 Å². The third-order valence-electron chi connectivity index (χ3n) is 3.42. The number of piperidine rings is 1. The Morgan fingerprint density at radius 2 is 2.00 bits per heavy atom. The number of hydrogen-bond donors (Lipinski definition) is 1. The van der Waals surface area contributed by atoms with E-state index < -0.39 is 17.6 Å². The Morgan fingerprint density at radius 1 is 1.28 bits per heavy atom. The van der Waals surface area contributed by atoms with Gasteiger partial charge in [0, 0.05) is 6.04 Å². The van der Waals surface area contributed by atoms with Crippen molar-refractivity contribution in [2.45, 2.75) is 32.0 Å². The number of alkyl halides is 3. The van der Waals surface area contributed by atoms with Gasteiger partial charge in [-0.15, -0.1) is 0 Å². The fraction of sp³-hybridized carbons (Fsp3) is 0.538. The van der Waals surface area contributed by atoms with Crippen LogP contribution in [-0.2, 0) is 6.18 Å². The molecule has 0 aromatic heterocycles. The van der Waals surface area contributed by atoms with Crippen molar-refractivity contribution in [3.05, 3.63) is 35.1 Å². The number of halogens is 4. The average molecular weight is 261 g/mol. The summed E-state index contributed by atoms with van der Waals surface area (Å²) in [6.45, 7) is 2.78. The quantitative estimate of drug-likeness (QED) is 0.756. The maximum atomic E-state index is 13.2. The highest BCUT2D eigenvalue weighted by molar-refractivity contribution is 5.30. The Morgan fingerprint density at radius 3 is 2.61 bits per heavy atom. The monoisotopic (exact) mass is 261 g/mol. The molecular weight excluding hydrogens is 246 g/mol. The molecule has 1 fully saturated rings. The summed E-state index contributed by atoms with van der Waals surface area (Å²) in [4.78, 5) is 0. The van der Waals surface area contributed by atoms with Crippen LogP contribution >= 0.6 is 0 Å². The first-order valence-corrected chi connectivity index (χ1v) is 5.99. The minimum Gasteiger partial charge on any atom is -0.310 e. The molecule has 1 N–H and O–H groups in total. The largest absolute Gasteiger partial charge is 0.419 e. The molecule has 100 valence electrons. The van der Waals surface area contributed by atoms with Crippen LogP contribution < -0.4 is 5.32 Å². The van der Waals surface area contributed by atoms with Gasteiger partial charge in [0.05, 0.1) is 5.56 Å². The first kappa shape index (κ1) is 13.3. The van der Waals surface area contributed by atoms with Gasteiger partial charge in [-0.25, -0.2) is 4.39 Å². The van der Waals surface area contributed by atoms with Crippen molar-refractivity contribution in [3.8, 4) is 0 Å². The molecule has 2 unspecified atom stereocenters. The SMILES string of the molecule is CC1CCCNC1c1ccc(F)c(C(F)(F)F)c1. The second-order valence-corrected chi connectivity index (χ2v) is 4.79. The van der Waals surface area contributed by atoms with Crippen molar-refractivity contribution in [1.29, 1.82) is 0 Å². The molecule has 1 saturated heterocycles. The lowest BCUT2D eigenvalue weighted by atomic mass is 9.87. The van der Waals surface area contributed by atoms with E-state index >= 15 is 0 Å². The van der Waals surface area contributed by atoms with Crippen LogP contribution in [0.5, 0.6) is 0 Å². The Kier molecular flexibility index (Phi) is 3.61. The van der Waals surface area contributed by atoms with Gasteiger partial charge in [0.2, 0.25) is 0 Å². The summed E-state index contributed by atoms with van der Waals surface area (Å²) in [5, 5.41) is 3.19. The van der Waals surface area contributed by atoms with E-state index in [1.54, 1.807) is 0 Å². The van der Waals surface area contributed by atoms with Gasteiger partial charge >= 0.3 is 6.18 Å². The number of nitrogens with one attached hydrogen (secondary N) is 1. The lowest BCUT2D eigenvalue weighted by molar-refractivity contribution is -0.140. The molecule has 0 amide bonds. The maximum absolute atomic E-state index is 13.2. The van der Waals surface area contributed by atoms with Crippen LogP contribution in [0.1, 0.15) is 36.9 Å². The van der Waals surface area contributed by atoms with Crippen molar-refractivity contribution in [2.75, 3.05) is 6.54 Å². The van der Waals surface area contributed by atoms with E-state index in [0.717, 1.165) is 31.5 Å². The summed E-state index contributed by atoms with van der Waals surface area (Å²) in [7, 11) is 0. The van der Waals surface area contributed by atoms with Gasteiger partial charge in [-0.2, -0.15) is 13.2 Å². The van der Waals surface area contributed by atoms with Crippen molar-refractivity contribution in [1.82, 2.24) is 5.32 Å². The third kappa shape index (κ3) is 2.66. The Balaban J connectivity index is 2.34. The van der Waals surface area contributed by atoms with E-state index in [1.807, 2.05) is 6.92 Å². The molecule has 0 bridgehead atoms. The molecule has 1 aromatic rings. The van der Waals surface area contributed by atoms with E-state index in [2.05, 4.69) is 5.32 Å². The predicted molar refractivity (Wildman–Crippen MR) is 60.5 cm³/mol. The Bertz CT molecular complexity index is 427. The standard InChI is InChI=1S/C13H15F4N/c1-8-3-2-6-18-12(8)9-4-5-11(14)10(7-9)13(15,16)17/h4-5,7-8,12,18H,2-3,6H2,1H3. The second kappa shape index (κ2) is 4.88. The average Bonchev–Trinajstić information content (AvgIpc) is 2.29. The minimum atomic E-state index is -4.64. The van der Waals surface area contributed by atoms with E-state index in [9.17, 15) is 17.6 Å².